The van der Waals surface area contributed by atoms with Crippen molar-refractivity contribution in [2.45, 2.75) is 63.9 Å². The molecule has 1 amide bonds. The minimum atomic E-state index is -1.22. The smallest absolute Gasteiger partial charge is 0.410 e. The number of alkyl halides is 1. The summed E-state index contributed by atoms with van der Waals surface area (Å²) in [6, 6.07) is 6.10. The van der Waals surface area contributed by atoms with E-state index in [1.807, 2.05) is 31.6 Å². The molecule has 220 valence electrons. The van der Waals surface area contributed by atoms with Crippen molar-refractivity contribution >= 4 is 22.9 Å². The summed E-state index contributed by atoms with van der Waals surface area (Å²) in [5.41, 5.74) is 1.93. The molecule has 2 fully saturated rings. The van der Waals surface area contributed by atoms with Crippen LogP contribution >= 0.6 is 0 Å². The molecule has 9 nitrogen and oxygen atoms in total. The van der Waals surface area contributed by atoms with E-state index in [0.29, 0.717) is 35.6 Å². The zero-order valence-electron chi connectivity index (χ0n) is 23.7. The lowest BCUT2D eigenvalue weighted by atomic mass is 10.0. The van der Waals surface area contributed by atoms with Gasteiger partial charge in [-0.1, -0.05) is 0 Å². The Balaban J connectivity index is 1.25. The summed E-state index contributed by atoms with van der Waals surface area (Å²) in [6.07, 6.45) is 5.02. The van der Waals surface area contributed by atoms with Crippen molar-refractivity contribution in [3.8, 4) is 11.3 Å². The molecule has 1 aromatic carbocycles. The Bertz CT molecular complexity index is 1610. The highest BCUT2D eigenvalue weighted by atomic mass is 19.1. The first-order chi connectivity index (χ1) is 20.1. The molecule has 12 heteroatoms. The van der Waals surface area contributed by atoms with E-state index in [4.69, 9.17) is 9.72 Å². The van der Waals surface area contributed by atoms with E-state index in [-0.39, 0.29) is 30.7 Å². The molecule has 0 unspecified atom stereocenters. The number of ether oxygens (including phenoxy) is 1. The number of hydrogen-bond acceptors (Lipinski definition) is 7. The molecule has 0 spiro atoms. The van der Waals surface area contributed by atoms with Crippen molar-refractivity contribution in [3.63, 3.8) is 0 Å². The van der Waals surface area contributed by atoms with Crippen LogP contribution in [0.2, 0.25) is 0 Å². The van der Waals surface area contributed by atoms with Crippen molar-refractivity contribution in [2.75, 3.05) is 24.5 Å². The Kier molecular flexibility index (Phi) is 7.24. The van der Waals surface area contributed by atoms with Gasteiger partial charge in [0.15, 0.2) is 0 Å². The second kappa shape index (κ2) is 10.9. The number of piperidine rings is 1. The molecule has 2 aliphatic heterocycles. The Hall–Kier alpha value is -4.22. The summed E-state index contributed by atoms with van der Waals surface area (Å²) in [4.78, 5) is 29.5. The first-order valence-corrected chi connectivity index (χ1v) is 14.1. The number of rotatable bonds is 4. The highest BCUT2D eigenvalue weighted by Gasteiger charge is 2.36. The molecule has 3 aromatic heterocycles. The lowest BCUT2D eigenvalue weighted by molar-refractivity contribution is 0.0184. The van der Waals surface area contributed by atoms with Crippen LogP contribution in [0.15, 0.2) is 49.1 Å². The number of halogens is 3. The molecule has 0 radical (unpaired) electrons. The fraction of sp³-hybridized carbons (Fsp3) is 0.433. The second-order valence-corrected chi connectivity index (χ2v) is 11.8. The number of carbonyl (C=O) groups is 1. The number of nitrogens with zero attached hydrogens (tertiary/aromatic N) is 7. The third-order valence-electron chi connectivity index (χ3n) is 7.69. The summed E-state index contributed by atoms with van der Waals surface area (Å²) >= 11 is 0. The van der Waals surface area contributed by atoms with Gasteiger partial charge in [-0.05, 0) is 63.9 Å². The number of likely N-dealkylation sites (tertiary alicyclic amines) is 1. The summed E-state index contributed by atoms with van der Waals surface area (Å²) < 4.78 is 50.7. The average Bonchev–Trinajstić information content (AvgIpc) is 3.60. The zero-order valence-corrected chi connectivity index (χ0v) is 23.7. The van der Waals surface area contributed by atoms with Crippen LogP contribution in [0.4, 0.5) is 23.8 Å². The predicted octanol–water partition coefficient (Wildman–Crippen LogP) is 6.03. The largest absolute Gasteiger partial charge is 0.444 e. The third-order valence-corrected chi connectivity index (χ3v) is 7.69. The Labute approximate surface area is 241 Å². The third kappa shape index (κ3) is 5.62. The van der Waals surface area contributed by atoms with Crippen molar-refractivity contribution < 1.29 is 22.7 Å². The normalized spacial score (nSPS) is 20.0. The number of fused-ring (bicyclic) bond motifs is 1. The molecule has 2 atom stereocenters. The Morgan fingerprint density at radius 1 is 1.07 bits per heavy atom. The lowest BCUT2D eigenvalue weighted by Crippen LogP contribution is -2.42. The topological polar surface area (TPSA) is 89.3 Å². The van der Waals surface area contributed by atoms with Gasteiger partial charge in [-0.2, -0.15) is 5.10 Å². The highest BCUT2D eigenvalue weighted by molar-refractivity contribution is 5.89. The molecular weight excluding hydrogens is 547 g/mol. The number of benzene rings is 1. The lowest BCUT2D eigenvalue weighted by Gasteiger charge is -2.33. The van der Waals surface area contributed by atoms with Crippen LogP contribution in [-0.2, 0) is 4.74 Å². The van der Waals surface area contributed by atoms with E-state index in [0.717, 1.165) is 36.6 Å². The highest BCUT2D eigenvalue weighted by Crippen LogP contribution is 2.39. The van der Waals surface area contributed by atoms with E-state index in [1.54, 1.807) is 28.1 Å². The fourth-order valence-electron chi connectivity index (χ4n) is 5.70. The van der Waals surface area contributed by atoms with Gasteiger partial charge in [0.25, 0.3) is 0 Å². The second-order valence-electron chi connectivity index (χ2n) is 11.8. The van der Waals surface area contributed by atoms with Crippen LogP contribution in [0.3, 0.4) is 0 Å². The summed E-state index contributed by atoms with van der Waals surface area (Å²) in [7, 11) is 0. The van der Waals surface area contributed by atoms with Gasteiger partial charge in [-0.15, -0.1) is 0 Å². The van der Waals surface area contributed by atoms with Gasteiger partial charge in [0.05, 0.1) is 30.3 Å². The molecule has 2 aliphatic rings. The van der Waals surface area contributed by atoms with Gasteiger partial charge >= 0.3 is 6.09 Å². The quantitative estimate of drug-likeness (QED) is 0.292. The van der Waals surface area contributed by atoms with E-state index < -0.39 is 29.4 Å². The minimum absolute atomic E-state index is 0.00206. The molecule has 0 aliphatic carbocycles. The van der Waals surface area contributed by atoms with E-state index in [2.05, 4.69) is 15.1 Å². The fourth-order valence-corrected chi connectivity index (χ4v) is 5.70. The Morgan fingerprint density at radius 2 is 1.86 bits per heavy atom. The molecule has 0 N–H and O–H groups in total. The number of aromatic nitrogens is 5. The number of carbonyl (C=O) groups excluding carboxylic acids is 1. The standard InChI is InChI=1S/C30H32F3N7O2/c1-30(2,3)42-29(41)38-10-8-21(9-11-38)40-15-18(14-36-40)27-28-24(34-17-35-27)6-7-26(37-28)39-16-20(32)13-25(39)22-12-19(31)4-5-23(22)33/h4-7,12,14-15,17,20-21,25H,8-11,13,16H2,1-3H3/t20-,25+/m0/s1. The van der Waals surface area contributed by atoms with Crippen LogP contribution in [0.1, 0.15) is 57.7 Å². The number of hydrogen-bond donors (Lipinski definition) is 0. The van der Waals surface area contributed by atoms with Crippen LogP contribution < -0.4 is 4.90 Å². The summed E-state index contributed by atoms with van der Waals surface area (Å²) in [6.45, 7) is 6.68. The predicted molar refractivity (Wildman–Crippen MR) is 151 cm³/mol. The van der Waals surface area contributed by atoms with E-state index >= 15 is 0 Å². The number of pyridine rings is 1. The minimum Gasteiger partial charge on any atom is -0.444 e. The molecule has 0 bridgehead atoms. The molecule has 6 rings (SSSR count). The molecule has 42 heavy (non-hydrogen) atoms. The van der Waals surface area contributed by atoms with Gasteiger partial charge in [0.2, 0.25) is 0 Å². The summed E-state index contributed by atoms with van der Waals surface area (Å²) in [5.74, 6) is -0.743. The molecule has 0 saturated carbocycles. The van der Waals surface area contributed by atoms with Crippen molar-refractivity contribution in [1.29, 1.82) is 0 Å². The number of amides is 1. The summed E-state index contributed by atoms with van der Waals surface area (Å²) in [5, 5.41) is 4.59. The maximum Gasteiger partial charge on any atom is 0.410 e. The van der Waals surface area contributed by atoms with Crippen LogP contribution in [0, 0.1) is 11.6 Å². The zero-order chi connectivity index (χ0) is 29.6. The first-order valence-electron chi connectivity index (χ1n) is 14.1. The van der Waals surface area contributed by atoms with Crippen LogP contribution in [0.25, 0.3) is 22.3 Å². The first kappa shape index (κ1) is 27.9. The molecule has 4 aromatic rings. The van der Waals surface area contributed by atoms with Crippen LogP contribution in [-0.4, -0.2) is 67.1 Å². The molecular formula is C30H32F3N7O2. The van der Waals surface area contributed by atoms with Gasteiger partial charge in [-0.25, -0.2) is 32.9 Å². The van der Waals surface area contributed by atoms with Gasteiger partial charge < -0.3 is 14.5 Å². The van der Waals surface area contributed by atoms with Gasteiger partial charge in [0.1, 0.15) is 46.8 Å². The molecule has 2 saturated heterocycles. The van der Waals surface area contributed by atoms with Crippen molar-refractivity contribution in [3.05, 3.63) is 66.3 Å². The maximum absolute atomic E-state index is 14.7. The molecule has 5 heterocycles. The average molecular weight is 580 g/mol. The monoisotopic (exact) mass is 579 g/mol. The van der Waals surface area contributed by atoms with E-state index in [9.17, 15) is 18.0 Å². The van der Waals surface area contributed by atoms with Crippen molar-refractivity contribution in [1.82, 2.24) is 29.6 Å². The van der Waals surface area contributed by atoms with E-state index in [1.165, 1.54) is 6.33 Å². The SMILES string of the molecule is CC(C)(C)OC(=O)N1CCC(n2cc(-c3ncnc4ccc(N5C[C@@H](F)C[C@@H]5c5cc(F)ccc5F)nc34)cn2)CC1. The van der Waals surface area contributed by atoms with Gasteiger partial charge in [0, 0.05) is 36.8 Å². The van der Waals surface area contributed by atoms with Crippen LogP contribution in [0.5, 0.6) is 0 Å². The number of anilines is 1. The van der Waals surface area contributed by atoms with Crippen molar-refractivity contribution in [2.24, 2.45) is 0 Å². The maximum atomic E-state index is 14.7. The van der Waals surface area contributed by atoms with Gasteiger partial charge in [-0.3, -0.25) is 4.68 Å². The Morgan fingerprint density at radius 3 is 2.62 bits per heavy atom.